The number of hydrogen-bond donors (Lipinski definition) is 1. The number of aromatic hydroxyl groups is 1. The lowest BCUT2D eigenvalue weighted by Gasteiger charge is -2.08. The Labute approximate surface area is 152 Å². The zero-order valence-electron chi connectivity index (χ0n) is 13.1. The predicted molar refractivity (Wildman–Crippen MR) is 100 cm³/mol. The summed E-state index contributed by atoms with van der Waals surface area (Å²) in [6.07, 6.45) is 0. The van der Waals surface area contributed by atoms with E-state index >= 15 is 0 Å². The van der Waals surface area contributed by atoms with E-state index in [-0.39, 0.29) is 11.5 Å². The number of carbonyl (C=O) groups excluding carboxylic acids is 1. The Morgan fingerprint density at radius 1 is 0.960 bits per heavy atom. The molecule has 1 N–H and O–H groups in total. The number of halogens is 1. The van der Waals surface area contributed by atoms with Crippen LogP contribution < -0.4 is 0 Å². The number of benzene rings is 3. The van der Waals surface area contributed by atoms with Crippen LogP contribution in [0.25, 0.3) is 16.6 Å². The molecule has 0 saturated heterocycles. The van der Waals surface area contributed by atoms with Gasteiger partial charge < -0.3 is 5.11 Å². The molecule has 0 bridgehead atoms. The molecule has 4 aromatic rings. The van der Waals surface area contributed by atoms with E-state index in [1.54, 1.807) is 22.9 Å². The summed E-state index contributed by atoms with van der Waals surface area (Å²) in [7, 11) is 0. The lowest BCUT2D eigenvalue weighted by molar-refractivity contribution is 0.103. The highest BCUT2D eigenvalue weighted by Gasteiger charge is 2.21. The topological polar surface area (TPSA) is 55.1 Å². The molecule has 4 nitrogen and oxygen atoms in total. The molecule has 0 aliphatic carbocycles. The molecule has 0 saturated carbocycles. The second-order valence-electron chi connectivity index (χ2n) is 5.63. The Balaban J connectivity index is 1.96. The van der Waals surface area contributed by atoms with E-state index in [0.717, 1.165) is 21.1 Å². The third kappa shape index (κ3) is 2.83. The molecule has 4 rings (SSSR count). The highest BCUT2D eigenvalue weighted by Crippen LogP contribution is 2.26. The van der Waals surface area contributed by atoms with Crippen LogP contribution in [0, 0.1) is 0 Å². The summed E-state index contributed by atoms with van der Waals surface area (Å²) < 4.78 is 2.61. The first-order valence-corrected chi connectivity index (χ1v) is 8.50. The average molecular weight is 393 g/mol. The van der Waals surface area contributed by atoms with Crippen LogP contribution in [-0.2, 0) is 0 Å². The molecule has 0 radical (unpaired) electrons. The van der Waals surface area contributed by atoms with Gasteiger partial charge >= 0.3 is 0 Å². The van der Waals surface area contributed by atoms with Crippen LogP contribution in [0.2, 0.25) is 0 Å². The molecule has 0 unspecified atom stereocenters. The van der Waals surface area contributed by atoms with Crippen molar-refractivity contribution in [3.05, 3.63) is 88.5 Å². The van der Waals surface area contributed by atoms with Crippen molar-refractivity contribution in [3.8, 4) is 11.4 Å². The fourth-order valence-corrected chi connectivity index (χ4v) is 3.07. The van der Waals surface area contributed by atoms with Crippen LogP contribution >= 0.6 is 15.9 Å². The van der Waals surface area contributed by atoms with Crippen LogP contribution in [-0.4, -0.2) is 20.7 Å². The molecule has 0 spiro atoms. The van der Waals surface area contributed by atoms with Gasteiger partial charge in [0.1, 0.15) is 11.4 Å². The second-order valence-corrected chi connectivity index (χ2v) is 6.55. The second kappa shape index (κ2) is 6.18. The molecule has 25 heavy (non-hydrogen) atoms. The molecule has 0 amide bonds. The standard InChI is InChI=1S/C20H13BrN2O2/c21-14-8-10-15(11-9-14)23-19(17-6-1-2-7-18(17)22-23)20(25)13-4-3-5-16(24)12-13/h1-12,24H. The van der Waals surface area contributed by atoms with E-state index in [2.05, 4.69) is 21.0 Å². The minimum atomic E-state index is -0.187. The Morgan fingerprint density at radius 3 is 2.48 bits per heavy atom. The largest absolute Gasteiger partial charge is 0.508 e. The van der Waals surface area contributed by atoms with Crippen LogP contribution in [0.15, 0.2) is 77.3 Å². The summed E-state index contributed by atoms with van der Waals surface area (Å²) >= 11 is 3.42. The molecule has 1 heterocycles. The van der Waals surface area contributed by atoms with Gasteiger partial charge in [-0.15, -0.1) is 0 Å². The number of hydrogen-bond acceptors (Lipinski definition) is 3. The van der Waals surface area contributed by atoms with E-state index in [9.17, 15) is 9.90 Å². The van der Waals surface area contributed by atoms with Crippen LogP contribution in [0.3, 0.4) is 0 Å². The molecular formula is C20H13BrN2O2. The highest BCUT2D eigenvalue weighted by molar-refractivity contribution is 9.10. The maximum atomic E-state index is 13.2. The summed E-state index contributed by atoms with van der Waals surface area (Å²) in [5.41, 5.74) is 2.43. The van der Waals surface area contributed by atoms with Crippen molar-refractivity contribution in [2.75, 3.05) is 0 Å². The van der Waals surface area contributed by atoms with Gasteiger partial charge in [0.15, 0.2) is 0 Å². The summed E-state index contributed by atoms with van der Waals surface area (Å²) in [4.78, 5) is 13.2. The normalized spacial score (nSPS) is 10.9. The first-order chi connectivity index (χ1) is 12.1. The van der Waals surface area contributed by atoms with Crippen molar-refractivity contribution in [2.24, 2.45) is 0 Å². The Hall–Kier alpha value is -2.92. The first-order valence-electron chi connectivity index (χ1n) is 7.71. The molecule has 0 aliphatic heterocycles. The van der Waals surface area contributed by atoms with Crippen molar-refractivity contribution in [1.82, 2.24) is 9.78 Å². The number of fused-ring (bicyclic) bond motifs is 1. The van der Waals surface area contributed by atoms with Gasteiger partial charge in [0, 0.05) is 15.4 Å². The summed E-state index contributed by atoms with van der Waals surface area (Å²) in [6.45, 7) is 0. The number of phenolic OH excluding ortho intramolecular Hbond substituents is 1. The van der Waals surface area contributed by atoms with Crippen molar-refractivity contribution in [3.63, 3.8) is 0 Å². The van der Waals surface area contributed by atoms with Crippen molar-refractivity contribution >= 4 is 32.6 Å². The number of nitrogens with zero attached hydrogens (tertiary/aromatic N) is 2. The van der Waals surface area contributed by atoms with E-state index in [0.29, 0.717) is 11.3 Å². The minimum Gasteiger partial charge on any atom is -0.508 e. The minimum absolute atomic E-state index is 0.0601. The Bertz CT molecular complexity index is 1080. The SMILES string of the molecule is O=C(c1cccc(O)c1)c1c2ccccc2nn1-c1ccc(Br)cc1. The maximum absolute atomic E-state index is 13.2. The highest BCUT2D eigenvalue weighted by atomic mass is 79.9. The lowest BCUT2D eigenvalue weighted by Crippen LogP contribution is -2.10. The van der Waals surface area contributed by atoms with Crippen LogP contribution in [0.1, 0.15) is 16.1 Å². The van der Waals surface area contributed by atoms with Gasteiger partial charge in [0.25, 0.3) is 0 Å². The number of rotatable bonds is 3. The molecule has 0 atom stereocenters. The van der Waals surface area contributed by atoms with Crippen molar-refractivity contribution < 1.29 is 9.90 Å². The van der Waals surface area contributed by atoms with E-state index < -0.39 is 0 Å². The van der Waals surface area contributed by atoms with Gasteiger partial charge in [-0.2, -0.15) is 5.10 Å². The molecule has 0 fully saturated rings. The third-order valence-electron chi connectivity index (χ3n) is 3.97. The molecule has 5 heteroatoms. The molecule has 3 aromatic carbocycles. The number of phenols is 1. The van der Waals surface area contributed by atoms with Crippen molar-refractivity contribution in [1.29, 1.82) is 0 Å². The van der Waals surface area contributed by atoms with E-state index in [1.165, 1.54) is 6.07 Å². The molecule has 0 aliphatic rings. The number of aromatic nitrogens is 2. The molecular weight excluding hydrogens is 380 g/mol. The van der Waals surface area contributed by atoms with Crippen LogP contribution in [0.4, 0.5) is 0 Å². The van der Waals surface area contributed by atoms with Gasteiger partial charge in [-0.05, 0) is 42.5 Å². The third-order valence-corrected chi connectivity index (χ3v) is 4.50. The Morgan fingerprint density at radius 2 is 1.72 bits per heavy atom. The summed E-state index contributed by atoms with van der Waals surface area (Å²) in [6, 6.07) is 21.5. The van der Waals surface area contributed by atoms with Crippen molar-refractivity contribution in [2.45, 2.75) is 0 Å². The van der Waals surface area contributed by atoms with Gasteiger partial charge in [-0.25, -0.2) is 4.68 Å². The number of carbonyl (C=O) groups is 1. The van der Waals surface area contributed by atoms with Gasteiger partial charge in [-0.1, -0.05) is 46.3 Å². The fourth-order valence-electron chi connectivity index (χ4n) is 2.80. The van der Waals surface area contributed by atoms with Gasteiger partial charge in [-0.3, -0.25) is 4.79 Å². The number of ketones is 1. The zero-order valence-corrected chi connectivity index (χ0v) is 14.6. The van der Waals surface area contributed by atoms with Gasteiger partial charge in [0.05, 0.1) is 11.2 Å². The fraction of sp³-hybridized carbons (Fsp3) is 0. The molecule has 122 valence electrons. The predicted octanol–water partition coefficient (Wildman–Crippen LogP) is 4.72. The molecule has 1 aromatic heterocycles. The summed E-state index contributed by atoms with van der Waals surface area (Å²) in [5.74, 6) is -0.127. The van der Waals surface area contributed by atoms with Crippen LogP contribution in [0.5, 0.6) is 5.75 Å². The van der Waals surface area contributed by atoms with Gasteiger partial charge in [0.2, 0.25) is 5.78 Å². The van der Waals surface area contributed by atoms with E-state index in [4.69, 9.17) is 0 Å². The smallest absolute Gasteiger partial charge is 0.212 e. The average Bonchev–Trinajstić information content (AvgIpc) is 3.01. The quantitative estimate of drug-likeness (QED) is 0.513. The van der Waals surface area contributed by atoms with E-state index in [1.807, 2.05) is 48.5 Å². The monoisotopic (exact) mass is 392 g/mol. The zero-order chi connectivity index (χ0) is 17.4. The summed E-state index contributed by atoms with van der Waals surface area (Å²) in [5, 5.41) is 15.1. The lowest BCUT2D eigenvalue weighted by atomic mass is 10.0. The maximum Gasteiger partial charge on any atom is 0.212 e. The Kier molecular flexibility index (Phi) is 3.86. The first kappa shape index (κ1) is 15.6.